The fraction of sp³-hybridized carbons (Fsp3) is 0.357. The van der Waals surface area contributed by atoms with Crippen molar-refractivity contribution in [2.24, 2.45) is 0 Å². The molecule has 0 N–H and O–H groups in total. The van der Waals surface area contributed by atoms with E-state index >= 15 is 0 Å². The van der Waals surface area contributed by atoms with Crippen LogP contribution < -0.4 is 4.74 Å². The summed E-state index contributed by atoms with van der Waals surface area (Å²) in [5.74, 6) is 0.548. The Morgan fingerprint density at radius 3 is 2.39 bits per heavy atom. The van der Waals surface area contributed by atoms with Crippen molar-refractivity contribution in [2.75, 3.05) is 46.9 Å². The van der Waals surface area contributed by atoms with Gasteiger partial charge in [0.25, 0.3) is 5.91 Å². The Balaban J connectivity index is 1.41. The third kappa shape index (κ3) is 6.32. The van der Waals surface area contributed by atoms with E-state index in [0.717, 1.165) is 40.4 Å². The molecule has 0 bridgehead atoms. The lowest BCUT2D eigenvalue weighted by atomic mass is 10.1. The first kappa shape index (κ1) is 25.9. The largest absolute Gasteiger partial charge is 0.497 e. The van der Waals surface area contributed by atoms with Gasteiger partial charge in [-0.05, 0) is 59.3 Å². The predicted octanol–water partition coefficient (Wildman–Crippen LogP) is 4.57. The molecule has 1 saturated heterocycles. The molecule has 2 heterocycles. The Kier molecular flexibility index (Phi) is 8.74. The van der Waals surface area contributed by atoms with Gasteiger partial charge in [0.05, 0.1) is 37.4 Å². The SMILES string of the molecule is COC(=O)c1ccc(COC(CN2CCN(C(=O)c3sccc3C)CC2)c2cccc(OC)c2)cc1. The van der Waals surface area contributed by atoms with Crippen LogP contribution in [0.25, 0.3) is 0 Å². The summed E-state index contributed by atoms with van der Waals surface area (Å²) < 4.78 is 16.6. The van der Waals surface area contributed by atoms with Gasteiger partial charge in [-0.2, -0.15) is 0 Å². The second kappa shape index (κ2) is 12.2. The maximum atomic E-state index is 12.9. The van der Waals surface area contributed by atoms with Crippen molar-refractivity contribution in [1.82, 2.24) is 9.80 Å². The molecule has 3 aromatic rings. The normalized spacial score (nSPS) is 14.9. The summed E-state index contributed by atoms with van der Waals surface area (Å²) >= 11 is 1.51. The quantitative estimate of drug-likeness (QED) is 0.395. The number of piperazine rings is 1. The van der Waals surface area contributed by atoms with Gasteiger partial charge >= 0.3 is 5.97 Å². The number of amides is 1. The van der Waals surface area contributed by atoms with E-state index in [0.29, 0.717) is 31.8 Å². The summed E-state index contributed by atoms with van der Waals surface area (Å²) in [5.41, 5.74) is 3.56. The molecule has 7 nitrogen and oxygen atoms in total. The summed E-state index contributed by atoms with van der Waals surface area (Å²) in [5, 5.41) is 1.97. The molecule has 8 heteroatoms. The van der Waals surface area contributed by atoms with Crippen molar-refractivity contribution >= 4 is 23.2 Å². The highest BCUT2D eigenvalue weighted by Gasteiger charge is 2.26. The maximum Gasteiger partial charge on any atom is 0.337 e. The minimum atomic E-state index is -0.358. The maximum absolute atomic E-state index is 12.9. The zero-order chi connectivity index (χ0) is 25.5. The van der Waals surface area contributed by atoms with E-state index in [-0.39, 0.29) is 18.0 Å². The van der Waals surface area contributed by atoms with Crippen LogP contribution in [-0.2, 0) is 16.1 Å². The van der Waals surface area contributed by atoms with Crippen molar-refractivity contribution in [3.63, 3.8) is 0 Å². The van der Waals surface area contributed by atoms with Gasteiger partial charge in [0.2, 0.25) is 0 Å². The average Bonchev–Trinajstić information content (AvgIpc) is 3.36. The number of methoxy groups -OCH3 is 2. The highest BCUT2D eigenvalue weighted by Crippen LogP contribution is 2.26. The summed E-state index contributed by atoms with van der Waals surface area (Å²) in [4.78, 5) is 29.7. The van der Waals surface area contributed by atoms with Crippen LogP contribution in [0.3, 0.4) is 0 Å². The molecule has 0 radical (unpaired) electrons. The molecule has 0 aliphatic carbocycles. The van der Waals surface area contributed by atoms with Crippen molar-refractivity contribution in [3.05, 3.63) is 87.1 Å². The number of thiophene rings is 1. The molecule has 1 fully saturated rings. The van der Waals surface area contributed by atoms with Gasteiger partial charge in [-0.25, -0.2) is 4.79 Å². The second-order valence-electron chi connectivity index (χ2n) is 8.79. The summed E-state index contributed by atoms with van der Waals surface area (Å²) in [6, 6.07) is 17.2. The molecular weight excluding hydrogens is 476 g/mol. The summed E-state index contributed by atoms with van der Waals surface area (Å²) in [7, 11) is 3.03. The highest BCUT2D eigenvalue weighted by atomic mass is 32.1. The van der Waals surface area contributed by atoms with Gasteiger partial charge < -0.3 is 19.1 Å². The predicted molar refractivity (Wildman–Crippen MR) is 140 cm³/mol. The Morgan fingerprint density at radius 2 is 1.75 bits per heavy atom. The van der Waals surface area contributed by atoms with Crippen LogP contribution >= 0.6 is 11.3 Å². The van der Waals surface area contributed by atoms with Crippen molar-refractivity contribution < 1.29 is 23.8 Å². The van der Waals surface area contributed by atoms with E-state index in [1.165, 1.54) is 18.4 Å². The van der Waals surface area contributed by atoms with Crippen LogP contribution in [0.5, 0.6) is 5.75 Å². The Bertz CT molecular complexity index is 1170. The number of carbonyl (C=O) groups excluding carboxylic acids is 2. The lowest BCUT2D eigenvalue weighted by Gasteiger charge is -2.36. The minimum absolute atomic E-state index is 0.123. The second-order valence-corrected chi connectivity index (χ2v) is 9.71. The average molecular weight is 509 g/mol. The van der Waals surface area contributed by atoms with Crippen LogP contribution in [0.15, 0.2) is 60.0 Å². The van der Waals surface area contributed by atoms with Crippen molar-refractivity contribution in [2.45, 2.75) is 19.6 Å². The van der Waals surface area contributed by atoms with Crippen LogP contribution in [-0.4, -0.2) is 68.6 Å². The van der Waals surface area contributed by atoms with Crippen molar-refractivity contribution in [1.29, 1.82) is 0 Å². The third-order valence-corrected chi connectivity index (χ3v) is 7.44. The zero-order valence-electron chi connectivity index (χ0n) is 20.9. The first-order chi connectivity index (χ1) is 17.5. The molecule has 1 aliphatic rings. The topological polar surface area (TPSA) is 68.3 Å². The first-order valence-corrected chi connectivity index (χ1v) is 12.8. The number of hydrogen-bond acceptors (Lipinski definition) is 7. The molecule has 1 atom stereocenters. The molecule has 190 valence electrons. The lowest BCUT2D eigenvalue weighted by molar-refractivity contribution is 0.00336. The van der Waals surface area contributed by atoms with E-state index < -0.39 is 0 Å². The monoisotopic (exact) mass is 508 g/mol. The molecule has 0 saturated carbocycles. The van der Waals surface area contributed by atoms with E-state index in [1.54, 1.807) is 19.2 Å². The van der Waals surface area contributed by atoms with Gasteiger partial charge in [0.1, 0.15) is 5.75 Å². The Morgan fingerprint density at radius 1 is 1.00 bits per heavy atom. The standard InChI is InChI=1S/C28H32N2O5S/c1-20-11-16-36-26(20)27(31)30-14-12-29(13-15-30)18-25(23-5-4-6-24(17-23)33-2)35-19-21-7-9-22(10-8-21)28(32)34-3/h4-11,16-17,25H,12-15,18-19H2,1-3H3. The number of aryl methyl sites for hydroxylation is 1. The number of ether oxygens (including phenoxy) is 3. The first-order valence-electron chi connectivity index (χ1n) is 12.0. The number of hydrogen-bond donors (Lipinski definition) is 0. The number of nitrogens with zero attached hydrogens (tertiary/aromatic N) is 2. The number of esters is 1. The van der Waals surface area contributed by atoms with Gasteiger partial charge in [-0.3, -0.25) is 9.69 Å². The number of benzene rings is 2. The fourth-order valence-corrected chi connectivity index (χ4v) is 5.14. The van der Waals surface area contributed by atoms with E-state index in [9.17, 15) is 9.59 Å². The summed E-state index contributed by atoms with van der Waals surface area (Å²) in [6.07, 6.45) is -0.179. The van der Waals surface area contributed by atoms with Crippen LogP contribution in [0, 0.1) is 6.92 Å². The van der Waals surface area contributed by atoms with Crippen LogP contribution in [0.4, 0.5) is 0 Å². The zero-order valence-corrected chi connectivity index (χ0v) is 21.8. The van der Waals surface area contributed by atoms with Crippen LogP contribution in [0.1, 0.15) is 42.8 Å². The van der Waals surface area contributed by atoms with E-state index in [2.05, 4.69) is 4.90 Å². The van der Waals surface area contributed by atoms with E-state index in [1.807, 2.05) is 59.7 Å². The molecule has 36 heavy (non-hydrogen) atoms. The molecule has 1 unspecified atom stereocenters. The molecule has 2 aromatic carbocycles. The van der Waals surface area contributed by atoms with Crippen LogP contribution in [0.2, 0.25) is 0 Å². The van der Waals surface area contributed by atoms with Gasteiger partial charge in [0, 0.05) is 32.7 Å². The number of carbonyl (C=O) groups is 2. The molecule has 1 aliphatic heterocycles. The number of rotatable bonds is 9. The molecule has 1 amide bonds. The lowest BCUT2D eigenvalue weighted by Crippen LogP contribution is -2.49. The van der Waals surface area contributed by atoms with Gasteiger partial charge in [-0.15, -0.1) is 11.3 Å². The smallest absolute Gasteiger partial charge is 0.337 e. The molecular formula is C28H32N2O5S. The Hall–Kier alpha value is -3.20. The summed E-state index contributed by atoms with van der Waals surface area (Å²) in [6.45, 7) is 6.04. The van der Waals surface area contributed by atoms with Gasteiger partial charge in [0.15, 0.2) is 0 Å². The van der Waals surface area contributed by atoms with Crippen molar-refractivity contribution in [3.8, 4) is 5.75 Å². The van der Waals surface area contributed by atoms with E-state index in [4.69, 9.17) is 14.2 Å². The highest BCUT2D eigenvalue weighted by molar-refractivity contribution is 7.12. The molecule has 1 aromatic heterocycles. The third-order valence-electron chi connectivity index (χ3n) is 6.43. The molecule has 4 rings (SSSR count). The van der Waals surface area contributed by atoms with Gasteiger partial charge in [-0.1, -0.05) is 24.3 Å². The molecule has 0 spiro atoms. The Labute approximate surface area is 216 Å². The fourth-order valence-electron chi connectivity index (χ4n) is 4.25. The minimum Gasteiger partial charge on any atom is -0.497 e.